The minimum atomic E-state index is -4.36. The number of carbonyl (C=O) groups is 1. The van der Waals surface area contributed by atoms with Crippen LogP contribution in [-0.2, 0) is 14.9 Å². The van der Waals surface area contributed by atoms with Crippen molar-refractivity contribution < 1.29 is 22.7 Å². The van der Waals surface area contributed by atoms with E-state index in [1.165, 1.54) is 0 Å². The molecular formula is C27H30F3N7O2. The van der Waals surface area contributed by atoms with Crippen LogP contribution in [0.1, 0.15) is 50.7 Å². The molecule has 5 heterocycles. The van der Waals surface area contributed by atoms with Crippen LogP contribution in [0.3, 0.4) is 0 Å². The largest absolute Gasteiger partial charge is 0.394 e. The van der Waals surface area contributed by atoms with Gasteiger partial charge in [-0.1, -0.05) is 6.42 Å². The molecular weight excluding hydrogens is 511 g/mol. The zero-order valence-corrected chi connectivity index (χ0v) is 21.9. The molecule has 1 amide bonds. The molecule has 0 N–H and O–H groups in total. The van der Waals surface area contributed by atoms with Gasteiger partial charge >= 0.3 is 6.18 Å². The minimum Gasteiger partial charge on any atom is -0.368 e. The molecule has 0 aromatic carbocycles. The number of nitriles is 1. The number of rotatable bonds is 3. The van der Waals surface area contributed by atoms with Crippen LogP contribution in [0.5, 0.6) is 0 Å². The molecule has 2 unspecified atom stereocenters. The van der Waals surface area contributed by atoms with E-state index in [9.17, 15) is 23.2 Å². The molecule has 2 aromatic heterocycles. The molecule has 2 aromatic rings. The molecule has 4 atom stereocenters. The second-order valence-corrected chi connectivity index (χ2v) is 11.3. The third-order valence-corrected chi connectivity index (χ3v) is 8.79. The number of nitrogens with zero attached hydrogens (tertiary/aromatic N) is 7. The summed E-state index contributed by atoms with van der Waals surface area (Å²) in [5.41, 5.74) is 1.49. The maximum absolute atomic E-state index is 13.2. The summed E-state index contributed by atoms with van der Waals surface area (Å²) in [6.07, 6.45) is 0.510. The molecule has 2 saturated heterocycles. The van der Waals surface area contributed by atoms with Crippen molar-refractivity contribution in [3.8, 4) is 6.07 Å². The zero-order valence-electron chi connectivity index (χ0n) is 21.9. The number of piperazine rings is 1. The standard InChI is InChI=1S/C27H30F3N7O2/c1-16-12-36(25(38)20-9-19(13-39-20)27(28,29)30)17(2)11-35(16)23-22-24(34-15-33-23)37(14-26(22)5-3-6-26)21-8-18(10-31)4-7-32-21/h4,7-8,15-17,19-20H,3,5-6,9,11-14H2,1-2H3/t16-,17+,19?,20?/m0/s1. The van der Waals surface area contributed by atoms with E-state index in [0.717, 1.165) is 36.5 Å². The Bertz CT molecular complexity index is 1330. The Hall–Kier alpha value is -3.46. The Kier molecular flexibility index (Phi) is 6.17. The third kappa shape index (κ3) is 4.27. The van der Waals surface area contributed by atoms with Gasteiger partial charge in [-0.3, -0.25) is 4.79 Å². The summed E-state index contributed by atoms with van der Waals surface area (Å²) in [4.78, 5) is 33.1. The van der Waals surface area contributed by atoms with Gasteiger partial charge < -0.3 is 19.4 Å². The van der Waals surface area contributed by atoms with Crippen LogP contribution in [0.2, 0.25) is 0 Å². The van der Waals surface area contributed by atoms with Crippen molar-refractivity contribution in [2.75, 3.05) is 36.0 Å². The number of fused-ring (bicyclic) bond motifs is 2. The molecule has 1 saturated carbocycles. The Morgan fingerprint density at radius 2 is 1.92 bits per heavy atom. The Labute approximate surface area is 224 Å². The first-order chi connectivity index (χ1) is 18.6. The molecule has 12 heteroatoms. The second kappa shape index (κ2) is 9.33. The molecule has 0 bridgehead atoms. The molecule has 1 spiro atoms. The van der Waals surface area contributed by atoms with Crippen molar-refractivity contribution in [2.24, 2.45) is 5.92 Å². The Balaban J connectivity index is 1.27. The highest BCUT2D eigenvalue weighted by molar-refractivity contribution is 5.82. The van der Waals surface area contributed by atoms with Gasteiger partial charge in [0.25, 0.3) is 5.91 Å². The van der Waals surface area contributed by atoms with Gasteiger partial charge in [0.2, 0.25) is 0 Å². The second-order valence-electron chi connectivity index (χ2n) is 11.3. The molecule has 206 valence electrons. The maximum Gasteiger partial charge on any atom is 0.394 e. The average Bonchev–Trinajstić information content (AvgIpc) is 3.53. The number of anilines is 3. The predicted molar refractivity (Wildman–Crippen MR) is 135 cm³/mol. The van der Waals surface area contributed by atoms with E-state index < -0.39 is 24.8 Å². The highest BCUT2D eigenvalue weighted by atomic mass is 19.4. The lowest BCUT2D eigenvalue weighted by Crippen LogP contribution is -2.60. The van der Waals surface area contributed by atoms with E-state index >= 15 is 0 Å². The number of amides is 1. The van der Waals surface area contributed by atoms with Gasteiger partial charge in [-0.05, 0) is 45.2 Å². The molecule has 6 rings (SSSR count). The van der Waals surface area contributed by atoms with Crippen LogP contribution < -0.4 is 9.80 Å². The molecule has 9 nitrogen and oxygen atoms in total. The topological polar surface area (TPSA) is 98.5 Å². The number of ether oxygens (including phenoxy) is 1. The smallest absolute Gasteiger partial charge is 0.368 e. The summed E-state index contributed by atoms with van der Waals surface area (Å²) in [6.45, 7) is 5.00. The molecule has 4 aliphatic rings. The first-order valence-electron chi connectivity index (χ1n) is 13.4. The third-order valence-electron chi connectivity index (χ3n) is 8.79. The summed E-state index contributed by atoms with van der Waals surface area (Å²) in [6, 6.07) is 5.27. The lowest BCUT2D eigenvalue weighted by Gasteiger charge is -2.47. The first-order valence-corrected chi connectivity index (χ1v) is 13.4. The van der Waals surface area contributed by atoms with Gasteiger partial charge in [-0.2, -0.15) is 18.4 Å². The van der Waals surface area contributed by atoms with E-state index in [2.05, 4.69) is 25.8 Å². The molecule has 1 aliphatic carbocycles. The fourth-order valence-corrected chi connectivity index (χ4v) is 6.50. The summed E-state index contributed by atoms with van der Waals surface area (Å²) >= 11 is 0. The lowest BCUT2D eigenvalue weighted by atomic mass is 9.66. The fourth-order valence-electron chi connectivity index (χ4n) is 6.50. The highest BCUT2D eigenvalue weighted by Crippen LogP contribution is 2.56. The van der Waals surface area contributed by atoms with Crippen molar-refractivity contribution in [3.05, 3.63) is 35.8 Å². The molecule has 39 heavy (non-hydrogen) atoms. The van der Waals surface area contributed by atoms with Gasteiger partial charge in [0, 0.05) is 48.9 Å². The number of hydrogen-bond donors (Lipinski definition) is 0. The number of carbonyl (C=O) groups excluding carboxylic acids is 1. The van der Waals surface area contributed by atoms with E-state index in [1.54, 1.807) is 29.6 Å². The molecule has 3 fully saturated rings. The van der Waals surface area contributed by atoms with Crippen molar-refractivity contribution in [1.29, 1.82) is 5.26 Å². The molecule has 0 radical (unpaired) electrons. The van der Waals surface area contributed by atoms with Crippen molar-refractivity contribution in [1.82, 2.24) is 19.9 Å². The Morgan fingerprint density at radius 1 is 1.15 bits per heavy atom. The normalized spacial score (nSPS) is 27.8. The molecule has 3 aliphatic heterocycles. The zero-order chi connectivity index (χ0) is 27.5. The van der Waals surface area contributed by atoms with Crippen molar-refractivity contribution in [2.45, 2.75) is 69.3 Å². The monoisotopic (exact) mass is 541 g/mol. The van der Waals surface area contributed by atoms with Crippen molar-refractivity contribution >= 4 is 23.4 Å². The van der Waals surface area contributed by atoms with Gasteiger partial charge in [0.1, 0.15) is 29.9 Å². The number of halogens is 3. The van der Waals surface area contributed by atoms with Gasteiger partial charge in [-0.15, -0.1) is 0 Å². The summed E-state index contributed by atoms with van der Waals surface area (Å²) in [5.74, 6) is 0.319. The van der Waals surface area contributed by atoms with Crippen molar-refractivity contribution in [3.63, 3.8) is 0 Å². The summed E-state index contributed by atoms with van der Waals surface area (Å²) in [7, 11) is 0. The van der Waals surface area contributed by atoms with Crippen LogP contribution in [-0.4, -0.2) is 76.4 Å². The van der Waals surface area contributed by atoms with Gasteiger partial charge in [0.05, 0.1) is 24.2 Å². The fraction of sp³-hybridized carbons (Fsp3) is 0.593. The number of pyridine rings is 1. The number of alkyl halides is 3. The van der Waals surface area contributed by atoms with Crippen LogP contribution >= 0.6 is 0 Å². The number of aromatic nitrogens is 3. The quantitative estimate of drug-likeness (QED) is 0.580. The Morgan fingerprint density at radius 3 is 2.59 bits per heavy atom. The number of hydrogen-bond acceptors (Lipinski definition) is 8. The highest BCUT2D eigenvalue weighted by Gasteiger charge is 2.52. The SMILES string of the molecule is C[C@@H]1CN(c2ncnc3c2C2(CCC2)CN3c2cc(C#N)ccn2)[C@@H](C)CN1C(=O)C1CC(C(F)(F)F)CO1. The van der Waals surface area contributed by atoms with E-state index in [1.807, 2.05) is 13.8 Å². The van der Waals surface area contributed by atoms with E-state index in [4.69, 9.17) is 9.72 Å². The van der Waals surface area contributed by atoms with E-state index in [-0.39, 0.29) is 29.8 Å². The first kappa shape index (κ1) is 25.8. The summed E-state index contributed by atoms with van der Waals surface area (Å²) in [5, 5.41) is 9.39. The lowest BCUT2D eigenvalue weighted by molar-refractivity contribution is -0.173. The predicted octanol–water partition coefficient (Wildman–Crippen LogP) is 3.71. The average molecular weight is 542 g/mol. The maximum atomic E-state index is 13.2. The van der Waals surface area contributed by atoms with Crippen LogP contribution in [0.15, 0.2) is 24.7 Å². The van der Waals surface area contributed by atoms with Crippen LogP contribution in [0, 0.1) is 17.2 Å². The van der Waals surface area contributed by atoms with Gasteiger partial charge in [0.15, 0.2) is 0 Å². The van der Waals surface area contributed by atoms with Crippen LogP contribution in [0.4, 0.5) is 30.6 Å². The minimum absolute atomic E-state index is 0.115. The van der Waals surface area contributed by atoms with Gasteiger partial charge in [-0.25, -0.2) is 15.0 Å². The van der Waals surface area contributed by atoms with E-state index in [0.29, 0.717) is 31.0 Å². The summed E-state index contributed by atoms with van der Waals surface area (Å²) < 4.78 is 44.8. The van der Waals surface area contributed by atoms with Crippen LogP contribution in [0.25, 0.3) is 0 Å².